The molecule has 0 radical (unpaired) electrons. The normalized spacial score (nSPS) is 16.0. The number of fused-ring (bicyclic) bond motifs is 6. The Morgan fingerprint density at radius 2 is 0.857 bits per heavy atom. The van der Waals surface area contributed by atoms with Crippen LogP contribution in [0.1, 0.15) is 0 Å². The standard InChI is InChI=1S/C33H23N5O2P2/c1-2-12-22(13-3-1)31-34-32(37-41-29-20-10-6-16-25(29)23-14-4-8-18-27(23)39-41)36-33(35-31)38-42-30-21-11-7-17-26(30)24-15-5-9-19-28(24)40-42/h1-21H,(H2,34,35,36,37,38). The van der Waals surface area contributed by atoms with Crippen molar-refractivity contribution in [3.05, 3.63) is 127 Å². The summed E-state index contributed by atoms with van der Waals surface area (Å²) < 4.78 is 13.0. The number of benzene rings is 5. The number of aromatic nitrogens is 3. The monoisotopic (exact) mass is 583 g/mol. The Morgan fingerprint density at radius 3 is 1.38 bits per heavy atom. The Labute approximate surface area is 245 Å². The van der Waals surface area contributed by atoms with Crippen LogP contribution in [0.15, 0.2) is 127 Å². The number of nitrogens with zero attached hydrogens (tertiary/aromatic N) is 3. The molecule has 2 aliphatic rings. The predicted octanol–water partition coefficient (Wildman–Crippen LogP) is 7.76. The first kappa shape index (κ1) is 24.9. The van der Waals surface area contributed by atoms with Crippen molar-refractivity contribution in [1.29, 1.82) is 0 Å². The third kappa shape index (κ3) is 4.53. The molecule has 0 fully saturated rings. The zero-order valence-electron chi connectivity index (χ0n) is 22.2. The first-order valence-electron chi connectivity index (χ1n) is 13.5. The first-order chi connectivity index (χ1) is 20.8. The molecule has 2 aliphatic heterocycles. The molecule has 202 valence electrons. The van der Waals surface area contributed by atoms with Gasteiger partial charge in [0.25, 0.3) is 0 Å². The highest BCUT2D eigenvalue weighted by molar-refractivity contribution is 7.63. The molecule has 0 spiro atoms. The predicted molar refractivity (Wildman–Crippen MR) is 171 cm³/mol. The fourth-order valence-corrected chi connectivity index (χ4v) is 8.20. The maximum absolute atomic E-state index is 6.50. The number of hydrogen-bond acceptors (Lipinski definition) is 7. The molecule has 8 rings (SSSR count). The number of anilines is 2. The van der Waals surface area contributed by atoms with Gasteiger partial charge in [-0.05, 0) is 35.4 Å². The molecule has 42 heavy (non-hydrogen) atoms. The van der Waals surface area contributed by atoms with Crippen LogP contribution >= 0.6 is 16.6 Å². The van der Waals surface area contributed by atoms with Crippen LogP contribution in [0.2, 0.25) is 0 Å². The molecule has 1 aromatic heterocycles. The highest BCUT2D eigenvalue weighted by Crippen LogP contribution is 2.50. The van der Waals surface area contributed by atoms with Crippen molar-refractivity contribution in [3.8, 4) is 45.1 Å². The number of para-hydroxylation sites is 2. The lowest BCUT2D eigenvalue weighted by molar-refractivity contribution is 0.624. The highest BCUT2D eigenvalue weighted by Gasteiger charge is 2.30. The molecule has 2 atom stereocenters. The minimum absolute atomic E-state index is 0.423. The van der Waals surface area contributed by atoms with Crippen LogP contribution in [0.3, 0.4) is 0 Å². The van der Waals surface area contributed by atoms with E-state index in [9.17, 15) is 0 Å². The SMILES string of the molecule is c1ccc(-c2nc(NP3Oc4ccccc4-c4ccccc43)nc(NP3Oc4ccccc4-c4ccccc43)n2)cc1. The average molecular weight is 584 g/mol. The Kier molecular flexibility index (Phi) is 6.25. The summed E-state index contributed by atoms with van der Waals surface area (Å²) >= 11 is 0. The summed E-state index contributed by atoms with van der Waals surface area (Å²) in [4.78, 5) is 14.5. The van der Waals surface area contributed by atoms with E-state index in [-0.39, 0.29) is 0 Å². The molecule has 6 aromatic rings. The van der Waals surface area contributed by atoms with Gasteiger partial charge in [0, 0.05) is 27.3 Å². The van der Waals surface area contributed by atoms with Gasteiger partial charge < -0.3 is 9.05 Å². The van der Waals surface area contributed by atoms with Gasteiger partial charge in [0.1, 0.15) is 11.5 Å². The van der Waals surface area contributed by atoms with E-state index in [1.54, 1.807) is 0 Å². The molecule has 3 heterocycles. The molecule has 0 saturated heterocycles. The lowest BCUT2D eigenvalue weighted by Crippen LogP contribution is -2.21. The minimum atomic E-state index is -1.30. The second-order valence-corrected chi connectivity index (χ2v) is 12.6. The molecule has 5 aromatic carbocycles. The molecule has 0 bridgehead atoms. The van der Waals surface area contributed by atoms with Crippen molar-refractivity contribution < 1.29 is 9.05 Å². The molecule has 2 unspecified atom stereocenters. The van der Waals surface area contributed by atoms with Crippen molar-refractivity contribution in [3.63, 3.8) is 0 Å². The quantitative estimate of drug-likeness (QED) is 0.201. The Bertz CT molecular complexity index is 1820. The molecular weight excluding hydrogens is 560 g/mol. The van der Waals surface area contributed by atoms with Crippen molar-refractivity contribution in [2.45, 2.75) is 0 Å². The van der Waals surface area contributed by atoms with Crippen LogP contribution in [0.4, 0.5) is 11.9 Å². The topological polar surface area (TPSA) is 81.2 Å². The molecule has 9 heteroatoms. The molecule has 0 aliphatic carbocycles. The zero-order valence-corrected chi connectivity index (χ0v) is 24.0. The van der Waals surface area contributed by atoms with E-state index in [1.807, 2.05) is 78.9 Å². The molecule has 7 nitrogen and oxygen atoms in total. The zero-order chi connectivity index (χ0) is 27.9. The summed E-state index contributed by atoms with van der Waals surface area (Å²) in [6, 6.07) is 42.7. The summed E-state index contributed by atoms with van der Waals surface area (Å²) in [7, 11) is -2.59. The average Bonchev–Trinajstić information content (AvgIpc) is 3.05. The Morgan fingerprint density at radius 1 is 0.429 bits per heavy atom. The third-order valence-corrected chi connectivity index (χ3v) is 10.3. The van der Waals surface area contributed by atoms with Gasteiger partial charge in [-0.25, -0.2) is 0 Å². The van der Waals surface area contributed by atoms with Gasteiger partial charge >= 0.3 is 0 Å². The van der Waals surface area contributed by atoms with E-state index in [2.05, 4.69) is 58.7 Å². The van der Waals surface area contributed by atoms with Crippen LogP contribution in [0.25, 0.3) is 33.6 Å². The van der Waals surface area contributed by atoms with Crippen LogP contribution < -0.4 is 29.8 Å². The van der Waals surface area contributed by atoms with Crippen molar-refractivity contribution in [2.24, 2.45) is 0 Å². The smallest absolute Gasteiger partial charge is 0.234 e. The summed E-state index contributed by atoms with van der Waals surface area (Å²) in [5, 5.41) is 9.17. The number of nitrogens with one attached hydrogen (secondary N) is 2. The summed E-state index contributed by atoms with van der Waals surface area (Å²) in [6.07, 6.45) is 0. The van der Waals surface area contributed by atoms with Crippen LogP contribution in [-0.2, 0) is 0 Å². The van der Waals surface area contributed by atoms with Crippen molar-refractivity contribution in [2.75, 3.05) is 10.2 Å². The van der Waals surface area contributed by atoms with E-state index in [0.717, 1.165) is 49.9 Å². The maximum atomic E-state index is 6.50. The van der Waals surface area contributed by atoms with E-state index in [1.165, 1.54) is 0 Å². The summed E-state index contributed by atoms with van der Waals surface area (Å²) in [5.74, 6) is 3.07. The van der Waals surface area contributed by atoms with Gasteiger partial charge in [0.2, 0.25) is 28.5 Å². The minimum Gasteiger partial charge on any atom is -0.448 e. The van der Waals surface area contributed by atoms with Crippen molar-refractivity contribution in [1.82, 2.24) is 15.0 Å². The Balaban J connectivity index is 1.18. The van der Waals surface area contributed by atoms with Crippen molar-refractivity contribution >= 4 is 39.1 Å². The van der Waals surface area contributed by atoms with E-state index in [4.69, 9.17) is 24.0 Å². The van der Waals surface area contributed by atoms with Gasteiger partial charge in [0.15, 0.2) is 5.82 Å². The maximum Gasteiger partial charge on any atom is 0.234 e. The fraction of sp³-hybridized carbons (Fsp3) is 0. The summed E-state index contributed by atoms with van der Waals surface area (Å²) in [5.41, 5.74) is 5.32. The van der Waals surface area contributed by atoms with Gasteiger partial charge in [0.05, 0.1) is 0 Å². The first-order valence-corrected chi connectivity index (χ1v) is 16.0. The van der Waals surface area contributed by atoms with E-state index in [0.29, 0.717) is 17.7 Å². The van der Waals surface area contributed by atoms with Crippen LogP contribution in [0.5, 0.6) is 11.5 Å². The second kappa shape index (κ2) is 10.5. The van der Waals surface area contributed by atoms with E-state index >= 15 is 0 Å². The highest BCUT2D eigenvalue weighted by atomic mass is 31.2. The van der Waals surface area contributed by atoms with E-state index < -0.39 is 16.6 Å². The summed E-state index contributed by atoms with van der Waals surface area (Å²) in [6.45, 7) is 0. The lowest BCUT2D eigenvalue weighted by Gasteiger charge is -2.29. The second-order valence-electron chi connectivity index (χ2n) is 9.69. The van der Waals surface area contributed by atoms with Gasteiger partial charge in [-0.3, -0.25) is 10.2 Å². The molecular formula is C33H23N5O2P2. The van der Waals surface area contributed by atoms with Gasteiger partial charge in [-0.15, -0.1) is 0 Å². The lowest BCUT2D eigenvalue weighted by atomic mass is 10.0. The molecule has 0 saturated carbocycles. The molecule has 0 amide bonds. The fourth-order valence-electron chi connectivity index (χ4n) is 5.13. The van der Waals surface area contributed by atoms with Crippen LogP contribution in [-0.4, -0.2) is 15.0 Å². The van der Waals surface area contributed by atoms with Gasteiger partial charge in [-0.2, -0.15) is 15.0 Å². The van der Waals surface area contributed by atoms with Gasteiger partial charge in [-0.1, -0.05) is 103 Å². The largest absolute Gasteiger partial charge is 0.448 e. The molecule has 2 N–H and O–H groups in total. The van der Waals surface area contributed by atoms with Crippen LogP contribution in [0, 0.1) is 0 Å². The number of hydrogen-bond donors (Lipinski definition) is 2. The third-order valence-electron chi connectivity index (χ3n) is 7.05. The number of rotatable bonds is 5. The Hall–Kier alpha value is -4.83.